The summed E-state index contributed by atoms with van der Waals surface area (Å²) in [6.07, 6.45) is 1.21. The van der Waals surface area contributed by atoms with E-state index in [4.69, 9.17) is 5.73 Å². The number of hydrogen-bond donors (Lipinski definition) is 2. The molecule has 0 bridgehead atoms. The molecule has 0 heterocycles. The number of benzene rings is 2. The van der Waals surface area contributed by atoms with Crippen LogP contribution in [0.25, 0.3) is 0 Å². The van der Waals surface area contributed by atoms with Crippen LogP contribution in [0.1, 0.15) is 33.9 Å². The van der Waals surface area contributed by atoms with Gasteiger partial charge in [-0.2, -0.15) is 0 Å². The van der Waals surface area contributed by atoms with Crippen molar-refractivity contribution in [2.75, 3.05) is 0 Å². The minimum absolute atomic E-state index is 0.0538. The van der Waals surface area contributed by atoms with E-state index in [9.17, 15) is 17.6 Å². The van der Waals surface area contributed by atoms with Gasteiger partial charge in [-0.15, -0.1) is 0 Å². The number of primary amides is 1. The number of fused-ring (bicyclic) bond motifs is 1. The van der Waals surface area contributed by atoms with Gasteiger partial charge in [-0.05, 0) is 60.4 Å². The maximum Gasteiger partial charge on any atom is 0.248 e. The smallest absolute Gasteiger partial charge is 0.248 e. The molecular weight excluding hydrogens is 319 g/mol. The van der Waals surface area contributed by atoms with Crippen LogP contribution in [-0.4, -0.2) is 14.3 Å². The summed E-state index contributed by atoms with van der Waals surface area (Å²) in [6, 6.07) is 9.40. The predicted molar refractivity (Wildman–Crippen MR) is 82.7 cm³/mol. The number of nitrogens with two attached hydrogens (primary N) is 1. The average Bonchev–Trinajstić information content (AvgIpc) is 2.89. The van der Waals surface area contributed by atoms with Crippen LogP contribution in [0.15, 0.2) is 47.4 Å². The van der Waals surface area contributed by atoms with Crippen LogP contribution < -0.4 is 10.5 Å². The van der Waals surface area contributed by atoms with E-state index in [2.05, 4.69) is 4.72 Å². The van der Waals surface area contributed by atoms with Crippen molar-refractivity contribution in [3.05, 3.63) is 65.0 Å². The van der Waals surface area contributed by atoms with Gasteiger partial charge in [-0.3, -0.25) is 4.79 Å². The number of nitrogens with one attached hydrogen (secondary N) is 1. The van der Waals surface area contributed by atoms with Gasteiger partial charge in [0.15, 0.2) is 0 Å². The molecule has 1 aliphatic rings. The van der Waals surface area contributed by atoms with Gasteiger partial charge >= 0.3 is 0 Å². The summed E-state index contributed by atoms with van der Waals surface area (Å²) < 4.78 is 40.7. The van der Waals surface area contributed by atoms with E-state index < -0.39 is 15.9 Å². The summed E-state index contributed by atoms with van der Waals surface area (Å²) in [5.74, 6) is -0.942. The molecule has 120 valence electrons. The fourth-order valence-corrected chi connectivity index (χ4v) is 4.01. The summed E-state index contributed by atoms with van der Waals surface area (Å²) in [5, 5.41) is 0. The van der Waals surface area contributed by atoms with Crippen LogP contribution in [-0.2, 0) is 16.4 Å². The Kier molecular flexibility index (Phi) is 3.91. The Morgan fingerprint density at radius 2 is 1.87 bits per heavy atom. The predicted octanol–water partition coefficient (Wildman–Crippen LogP) is 1.89. The first-order valence-electron chi connectivity index (χ1n) is 7.07. The highest BCUT2D eigenvalue weighted by molar-refractivity contribution is 7.89. The molecule has 1 amide bonds. The van der Waals surface area contributed by atoms with Crippen LogP contribution in [0.5, 0.6) is 0 Å². The SMILES string of the molecule is NC(=O)c1ccc(S(=O)(=O)N[C@H]2CCc3cc(F)ccc32)cc1. The highest BCUT2D eigenvalue weighted by Crippen LogP contribution is 2.32. The molecule has 3 rings (SSSR count). The molecule has 7 heteroatoms. The van der Waals surface area contributed by atoms with Crippen molar-refractivity contribution in [2.24, 2.45) is 5.73 Å². The molecule has 0 aromatic heterocycles. The van der Waals surface area contributed by atoms with E-state index in [1.165, 1.54) is 36.4 Å². The summed E-state index contributed by atoms with van der Waals surface area (Å²) in [4.78, 5) is 11.1. The third-order valence-electron chi connectivity index (χ3n) is 3.93. The zero-order valence-corrected chi connectivity index (χ0v) is 12.9. The maximum atomic E-state index is 13.2. The van der Waals surface area contributed by atoms with Crippen LogP contribution in [0.3, 0.4) is 0 Å². The van der Waals surface area contributed by atoms with Crippen molar-refractivity contribution in [2.45, 2.75) is 23.8 Å². The number of aryl methyl sites for hydroxylation is 1. The topological polar surface area (TPSA) is 89.3 Å². The van der Waals surface area contributed by atoms with Crippen molar-refractivity contribution in [3.63, 3.8) is 0 Å². The average molecular weight is 334 g/mol. The lowest BCUT2D eigenvalue weighted by molar-refractivity contribution is 0.1000. The molecule has 0 aliphatic heterocycles. The lowest BCUT2D eigenvalue weighted by atomic mass is 10.1. The molecule has 0 spiro atoms. The van der Waals surface area contributed by atoms with E-state index >= 15 is 0 Å². The number of rotatable bonds is 4. The Bertz CT molecular complexity index is 863. The molecule has 0 fully saturated rings. The molecule has 0 saturated carbocycles. The number of hydrogen-bond acceptors (Lipinski definition) is 3. The van der Waals surface area contributed by atoms with Crippen LogP contribution in [0.2, 0.25) is 0 Å². The van der Waals surface area contributed by atoms with Gasteiger partial charge < -0.3 is 5.73 Å². The van der Waals surface area contributed by atoms with E-state index in [1.807, 2.05) is 0 Å². The van der Waals surface area contributed by atoms with Gasteiger partial charge in [0.25, 0.3) is 0 Å². The number of amides is 1. The third kappa shape index (κ3) is 3.11. The van der Waals surface area contributed by atoms with E-state index in [0.29, 0.717) is 12.8 Å². The standard InChI is InChI=1S/C16H15FN2O3S/c17-12-4-7-14-11(9-12)3-8-15(14)19-23(21,22)13-5-1-10(2-6-13)16(18)20/h1-2,4-7,9,15,19H,3,8H2,(H2,18,20)/t15-/m0/s1. The first kappa shape index (κ1) is 15.6. The van der Waals surface area contributed by atoms with Crippen molar-refractivity contribution in [1.29, 1.82) is 0 Å². The van der Waals surface area contributed by atoms with Gasteiger partial charge in [-0.1, -0.05) is 6.07 Å². The summed E-state index contributed by atoms with van der Waals surface area (Å²) in [6.45, 7) is 0. The largest absolute Gasteiger partial charge is 0.366 e. The molecule has 1 aliphatic carbocycles. The quantitative estimate of drug-likeness (QED) is 0.895. The van der Waals surface area contributed by atoms with Gasteiger partial charge in [0, 0.05) is 11.6 Å². The monoisotopic (exact) mass is 334 g/mol. The number of sulfonamides is 1. The number of carbonyl (C=O) groups excluding carboxylic acids is 1. The van der Waals surface area contributed by atoms with Crippen LogP contribution in [0, 0.1) is 5.82 Å². The fraction of sp³-hybridized carbons (Fsp3) is 0.188. The van der Waals surface area contributed by atoms with E-state index in [1.54, 1.807) is 6.07 Å². The second kappa shape index (κ2) is 5.75. The Labute approximate surface area is 133 Å². The lowest BCUT2D eigenvalue weighted by Gasteiger charge is -2.14. The van der Waals surface area contributed by atoms with Crippen molar-refractivity contribution < 1.29 is 17.6 Å². The van der Waals surface area contributed by atoms with Crippen molar-refractivity contribution in [3.8, 4) is 0 Å². The minimum atomic E-state index is -3.73. The summed E-state index contributed by atoms with van der Waals surface area (Å²) in [5.41, 5.74) is 6.99. The first-order chi connectivity index (χ1) is 10.9. The summed E-state index contributed by atoms with van der Waals surface area (Å²) >= 11 is 0. The molecule has 23 heavy (non-hydrogen) atoms. The minimum Gasteiger partial charge on any atom is -0.366 e. The number of halogens is 1. The van der Waals surface area contributed by atoms with Crippen LogP contribution in [0.4, 0.5) is 4.39 Å². The maximum absolute atomic E-state index is 13.2. The first-order valence-corrected chi connectivity index (χ1v) is 8.56. The second-order valence-electron chi connectivity index (χ2n) is 5.44. The van der Waals surface area contributed by atoms with E-state index in [-0.39, 0.29) is 22.3 Å². The molecule has 0 radical (unpaired) electrons. The van der Waals surface area contributed by atoms with Gasteiger partial charge in [-0.25, -0.2) is 17.5 Å². The normalized spacial score (nSPS) is 17.0. The Hall–Kier alpha value is -2.25. The lowest BCUT2D eigenvalue weighted by Crippen LogP contribution is -2.27. The highest BCUT2D eigenvalue weighted by Gasteiger charge is 2.27. The molecule has 0 unspecified atom stereocenters. The molecule has 2 aromatic carbocycles. The second-order valence-corrected chi connectivity index (χ2v) is 7.16. The van der Waals surface area contributed by atoms with Crippen molar-refractivity contribution in [1.82, 2.24) is 4.72 Å². The van der Waals surface area contributed by atoms with Gasteiger partial charge in [0.05, 0.1) is 4.90 Å². The molecule has 0 saturated heterocycles. The number of carbonyl (C=O) groups is 1. The zero-order valence-electron chi connectivity index (χ0n) is 12.1. The fourth-order valence-electron chi connectivity index (χ4n) is 2.76. The highest BCUT2D eigenvalue weighted by atomic mass is 32.2. The Balaban J connectivity index is 1.84. The molecule has 3 N–H and O–H groups in total. The molecule has 2 aromatic rings. The van der Waals surface area contributed by atoms with E-state index in [0.717, 1.165) is 11.1 Å². The van der Waals surface area contributed by atoms with Gasteiger partial charge in [0.2, 0.25) is 15.9 Å². The van der Waals surface area contributed by atoms with Crippen LogP contribution >= 0.6 is 0 Å². The Morgan fingerprint density at radius 1 is 1.17 bits per heavy atom. The Morgan fingerprint density at radius 3 is 2.52 bits per heavy atom. The van der Waals surface area contributed by atoms with Crippen molar-refractivity contribution >= 4 is 15.9 Å². The molecule has 5 nitrogen and oxygen atoms in total. The molecular formula is C16H15FN2O3S. The molecule has 1 atom stereocenters. The summed E-state index contributed by atoms with van der Waals surface area (Å²) in [7, 11) is -3.73. The zero-order chi connectivity index (χ0) is 16.6. The van der Waals surface area contributed by atoms with Gasteiger partial charge in [0.1, 0.15) is 5.82 Å². The third-order valence-corrected chi connectivity index (χ3v) is 5.42.